The Hall–Kier alpha value is -6.73. The lowest BCUT2D eigenvalue weighted by molar-refractivity contribution is 0.0213. The zero-order chi connectivity index (χ0) is 39.9. The first-order valence-corrected chi connectivity index (χ1v) is 18.0. The van der Waals surface area contributed by atoms with Gasteiger partial charge in [0.1, 0.15) is 52.1 Å². The first-order chi connectivity index (χ1) is 27.6. The molecule has 0 fully saturated rings. The molecule has 1 atom stereocenters. The summed E-state index contributed by atoms with van der Waals surface area (Å²) in [4.78, 5) is 25.2. The van der Waals surface area contributed by atoms with Crippen LogP contribution < -0.4 is 14.2 Å². The lowest BCUT2D eigenvalue weighted by atomic mass is 9.77. The third-order valence-electron chi connectivity index (χ3n) is 9.80. The van der Waals surface area contributed by atoms with Gasteiger partial charge in [0, 0.05) is 71.9 Å². The van der Waals surface area contributed by atoms with Crippen molar-refractivity contribution in [2.45, 2.75) is 11.2 Å². The molecule has 6 aromatic carbocycles. The molecule has 0 bridgehead atoms. The molecule has 0 radical (unpaired) electrons. The second-order valence-corrected chi connectivity index (χ2v) is 13.3. The first-order valence-electron chi connectivity index (χ1n) is 17.5. The van der Waals surface area contributed by atoms with Crippen LogP contribution in [-0.2, 0) is 30.1 Å². The molecule has 1 unspecified atom stereocenters. The molecule has 13 heteroatoms. The van der Waals surface area contributed by atoms with E-state index in [-0.39, 0.29) is 24.0 Å². The Morgan fingerprint density at radius 2 is 0.912 bits per heavy atom. The van der Waals surface area contributed by atoms with Gasteiger partial charge in [-0.05, 0) is 60.7 Å². The van der Waals surface area contributed by atoms with Gasteiger partial charge in [-0.1, -0.05) is 48.0 Å². The van der Waals surface area contributed by atoms with E-state index in [1.54, 1.807) is 67.8 Å². The molecule has 4 heterocycles. The van der Waals surface area contributed by atoms with Crippen molar-refractivity contribution in [1.29, 1.82) is 0 Å². The number of phenols is 3. The largest absolute Gasteiger partial charge is 0.508 e. The molecule has 10 rings (SSSR count). The van der Waals surface area contributed by atoms with E-state index in [0.717, 1.165) is 5.56 Å². The summed E-state index contributed by atoms with van der Waals surface area (Å²) in [7, 11) is 3.09. The molecule has 4 aliphatic heterocycles. The predicted octanol–water partition coefficient (Wildman–Crippen LogP) is 8.44. The summed E-state index contributed by atoms with van der Waals surface area (Å²) in [6.45, 7) is 0.0964. The maximum absolute atomic E-state index is 12.7. The summed E-state index contributed by atoms with van der Waals surface area (Å²) in [6, 6.07) is 34.3. The number of carbonyl (C=O) groups excluding carboxylic acids is 2. The van der Waals surface area contributed by atoms with Crippen molar-refractivity contribution in [2.75, 3.05) is 27.1 Å². The van der Waals surface area contributed by atoms with Crippen molar-refractivity contribution in [3.8, 4) is 46.0 Å². The van der Waals surface area contributed by atoms with Gasteiger partial charge in [-0.3, -0.25) is 0 Å². The number of benzene rings is 6. The molecule has 12 nitrogen and oxygen atoms in total. The number of rotatable bonds is 4. The van der Waals surface area contributed by atoms with Crippen LogP contribution in [0.3, 0.4) is 0 Å². The predicted molar refractivity (Wildman–Crippen MR) is 205 cm³/mol. The maximum atomic E-state index is 12.7. The first kappa shape index (κ1) is 37.2. The summed E-state index contributed by atoms with van der Waals surface area (Å²) < 4.78 is 38.6. The highest BCUT2D eigenvalue weighted by molar-refractivity contribution is 6.17. The molecule has 4 aliphatic rings. The van der Waals surface area contributed by atoms with E-state index in [9.17, 15) is 24.9 Å². The van der Waals surface area contributed by atoms with Gasteiger partial charge in [-0.25, -0.2) is 9.59 Å². The number of esters is 2. The fourth-order valence-corrected chi connectivity index (χ4v) is 7.52. The average Bonchev–Trinajstić information content (AvgIpc) is 3.68. The van der Waals surface area contributed by atoms with E-state index in [4.69, 9.17) is 40.0 Å². The van der Waals surface area contributed by atoms with Crippen LogP contribution >= 0.6 is 11.6 Å². The number of phenolic OH excluding ortho intramolecular Hbond substituents is 3. The van der Waals surface area contributed by atoms with Gasteiger partial charge in [0.2, 0.25) is 0 Å². The van der Waals surface area contributed by atoms with Gasteiger partial charge < -0.3 is 48.5 Å². The lowest BCUT2D eigenvalue weighted by Gasteiger charge is -2.36. The quantitative estimate of drug-likeness (QED) is 0.0891. The second-order valence-electron chi connectivity index (χ2n) is 13.1. The molecule has 0 aromatic heterocycles. The summed E-state index contributed by atoms with van der Waals surface area (Å²) in [5.41, 5.74) is 2.72. The van der Waals surface area contributed by atoms with Crippen LogP contribution in [0, 0.1) is 0 Å². The van der Waals surface area contributed by atoms with Crippen LogP contribution in [0.5, 0.6) is 46.0 Å². The van der Waals surface area contributed by atoms with Crippen molar-refractivity contribution in [3.05, 3.63) is 166 Å². The highest BCUT2D eigenvalue weighted by atomic mass is 35.5. The number of fused-ring (bicyclic) bond motifs is 12. The highest BCUT2D eigenvalue weighted by Gasteiger charge is 2.55. The van der Waals surface area contributed by atoms with Crippen LogP contribution in [-0.4, -0.2) is 54.3 Å². The van der Waals surface area contributed by atoms with Gasteiger partial charge in [0.15, 0.2) is 18.0 Å². The molecule has 6 aromatic rings. The number of hydrogen-bond acceptors (Lipinski definition) is 12. The third-order valence-corrected chi connectivity index (χ3v) is 10.0. The zero-order valence-corrected chi connectivity index (χ0v) is 31.1. The zero-order valence-electron chi connectivity index (χ0n) is 30.4. The minimum absolute atomic E-state index is 0.0371. The molecule has 3 N–H and O–H groups in total. The average molecular weight is 789 g/mol. The number of aromatic hydroxyl groups is 3. The lowest BCUT2D eigenvalue weighted by Crippen LogP contribution is -2.32. The smallest absolute Gasteiger partial charge is 0.340 e. The van der Waals surface area contributed by atoms with Gasteiger partial charge in [-0.2, -0.15) is 0 Å². The SMILES string of the molecule is COCCl.COCOc1ccc2c(c1)Oc1cc(O)ccc1C21OC(=O)c2ccccc21.O=C1OC2(c3ccc(O)cc3Oc3cc(O)ccc32)c2ccccc21. The molecule has 0 saturated carbocycles. The number of hydrogen-bond donors (Lipinski definition) is 3. The normalized spacial score (nSPS) is 16.6. The fourth-order valence-electron chi connectivity index (χ4n) is 7.52. The van der Waals surface area contributed by atoms with Crippen LogP contribution in [0.4, 0.5) is 0 Å². The van der Waals surface area contributed by atoms with Gasteiger partial charge in [-0.15, -0.1) is 0 Å². The Morgan fingerprint density at radius 1 is 0.526 bits per heavy atom. The number of carbonyl (C=O) groups is 2. The Labute approximate surface area is 330 Å². The van der Waals surface area contributed by atoms with E-state index >= 15 is 0 Å². The number of ether oxygens (including phenoxy) is 7. The molecule has 288 valence electrons. The van der Waals surface area contributed by atoms with Crippen molar-refractivity contribution in [1.82, 2.24) is 0 Å². The van der Waals surface area contributed by atoms with Gasteiger partial charge in [0.05, 0.1) is 11.1 Å². The Bertz CT molecular complexity index is 2500. The summed E-state index contributed by atoms with van der Waals surface area (Å²) in [5.74, 6) is 1.52. The van der Waals surface area contributed by atoms with Crippen LogP contribution in [0.2, 0.25) is 0 Å². The van der Waals surface area contributed by atoms with E-state index in [2.05, 4.69) is 4.74 Å². The molecular formula is C44H33ClO12. The van der Waals surface area contributed by atoms with Gasteiger partial charge >= 0.3 is 11.9 Å². The Kier molecular flexibility index (Phi) is 9.62. The molecule has 0 saturated heterocycles. The fraction of sp³-hybridized carbons (Fsp3) is 0.136. The minimum Gasteiger partial charge on any atom is -0.508 e. The number of methoxy groups -OCH3 is 2. The van der Waals surface area contributed by atoms with Crippen molar-refractivity contribution in [2.24, 2.45) is 0 Å². The van der Waals surface area contributed by atoms with Crippen LogP contribution in [0.15, 0.2) is 121 Å². The van der Waals surface area contributed by atoms with Crippen molar-refractivity contribution in [3.63, 3.8) is 0 Å². The monoisotopic (exact) mass is 788 g/mol. The third kappa shape index (κ3) is 6.11. The minimum atomic E-state index is -1.17. The standard InChI is InChI=1S/C22H16O6.C20H12O5.C2H5ClO/c1-25-12-26-14-7-9-18-20(11-14)27-19-10-13(23)6-8-17(19)22(18)16-5-3-2-4-15(16)21(24)28-22;21-11-5-7-15-17(9-11)24-18-10-12(22)6-8-16(18)20(15)14-4-2-1-3-13(14)19(23)25-20;1-4-2-3/h2-11,23H,12H2,1H3;1-10,21-22H;2H2,1H3. The highest BCUT2D eigenvalue weighted by Crippen LogP contribution is 2.58. The van der Waals surface area contributed by atoms with E-state index in [0.29, 0.717) is 73.8 Å². The summed E-state index contributed by atoms with van der Waals surface area (Å²) >= 11 is 4.96. The van der Waals surface area contributed by atoms with E-state index in [1.807, 2.05) is 30.3 Å². The van der Waals surface area contributed by atoms with Crippen LogP contribution in [0.25, 0.3) is 0 Å². The molecular weight excluding hydrogens is 756 g/mol. The van der Waals surface area contributed by atoms with E-state index < -0.39 is 23.1 Å². The van der Waals surface area contributed by atoms with Crippen molar-refractivity contribution < 1.29 is 58.1 Å². The van der Waals surface area contributed by atoms with Crippen LogP contribution in [0.1, 0.15) is 54.1 Å². The van der Waals surface area contributed by atoms with Gasteiger partial charge in [0.25, 0.3) is 0 Å². The molecule has 57 heavy (non-hydrogen) atoms. The molecule has 2 spiro atoms. The van der Waals surface area contributed by atoms with E-state index in [1.165, 1.54) is 37.4 Å². The summed E-state index contributed by atoms with van der Waals surface area (Å²) in [6.07, 6.45) is 0. The number of alkyl halides is 1. The molecule has 0 amide bonds. The topological polar surface area (TPSA) is 159 Å². The second kappa shape index (κ2) is 14.7. The summed E-state index contributed by atoms with van der Waals surface area (Å²) in [5, 5.41) is 29.6. The number of halogens is 1. The van der Waals surface area contributed by atoms with Crippen molar-refractivity contribution >= 4 is 23.5 Å². The Balaban J connectivity index is 0.000000147. The Morgan fingerprint density at radius 3 is 1.32 bits per heavy atom. The molecule has 0 aliphatic carbocycles. The maximum Gasteiger partial charge on any atom is 0.340 e.